The van der Waals surface area contributed by atoms with E-state index in [1.807, 2.05) is 0 Å². The second-order valence-electron chi connectivity index (χ2n) is 10.6. The summed E-state index contributed by atoms with van der Waals surface area (Å²) in [6.07, 6.45) is 3.55. The molecule has 0 unspecified atom stereocenters. The van der Waals surface area contributed by atoms with Crippen LogP contribution >= 0.6 is 0 Å². The van der Waals surface area contributed by atoms with Crippen LogP contribution in [0.2, 0.25) is 0 Å². The van der Waals surface area contributed by atoms with Crippen molar-refractivity contribution in [1.82, 2.24) is 5.32 Å². The van der Waals surface area contributed by atoms with E-state index in [0.717, 1.165) is 25.7 Å². The lowest BCUT2D eigenvalue weighted by Gasteiger charge is -2.33. The molecule has 1 saturated carbocycles. The van der Waals surface area contributed by atoms with E-state index in [-0.39, 0.29) is 17.5 Å². The van der Waals surface area contributed by atoms with Crippen molar-refractivity contribution >= 4 is 39.9 Å². The maximum absolute atomic E-state index is 14.2. The van der Waals surface area contributed by atoms with Crippen LogP contribution < -0.4 is 34.5 Å². The first-order valence-corrected chi connectivity index (χ1v) is 16.1. The number of ether oxygens (including phenoxy) is 4. The molecular weight excluding hydrogens is 617 g/mol. The first kappa shape index (κ1) is 34.2. The molecule has 1 fully saturated rings. The summed E-state index contributed by atoms with van der Waals surface area (Å²) < 4.78 is 48.3. The number of benzene rings is 3. The van der Waals surface area contributed by atoms with Crippen molar-refractivity contribution in [1.29, 1.82) is 0 Å². The quantitative estimate of drug-likeness (QED) is 0.262. The van der Waals surface area contributed by atoms with E-state index < -0.39 is 51.9 Å². The molecule has 0 heterocycles. The van der Waals surface area contributed by atoms with E-state index in [0.29, 0.717) is 28.4 Å². The fourth-order valence-electron chi connectivity index (χ4n) is 5.34. The number of hydrogen-bond acceptors (Lipinski definition) is 8. The van der Waals surface area contributed by atoms with Crippen molar-refractivity contribution in [2.45, 2.75) is 37.8 Å². The number of anilines is 2. The lowest BCUT2D eigenvalue weighted by molar-refractivity contribution is -0.126. The van der Waals surface area contributed by atoms with Crippen LogP contribution in [-0.2, 0) is 25.2 Å². The lowest BCUT2D eigenvalue weighted by Crippen LogP contribution is -2.47. The molecule has 0 saturated heterocycles. The minimum atomic E-state index is -1.97. The zero-order valence-electron chi connectivity index (χ0n) is 26.2. The smallest absolute Gasteiger partial charge is 0.248 e. The first-order valence-electron chi connectivity index (χ1n) is 14.6. The summed E-state index contributed by atoms with van der Waals surface area (Å²) in [7, 11) is 3.89. The molecule has 1 aliphatic carbocycles. The number of halogens is 1. The Morgan fingerprint density at radius 2 is 1.48 bits per heavy atom. The molecule has 0 radical (unpaired) electrons. The Morgan fingerprint density at radius 3 is 2.02 bits per heavy atom. The van der Waals surface area contributed by atoms with Gasteiger partial charge in [0.1, 0.15) is 29.1 Å². The summed E-state index contributed by atoms with van der Waals surface area (Å²) in [6, 6.07) is 13.5. The Labute approximate surface area is 269 Å². The highest BCUT2D eigenvalue weighted by atomic mass is 32.2. The van der Waals surface area contributed by atoms with Gasteiger partial charge in [0.25, 0.3) is 0 Å². The van der Waals surface area contributed by atoms with Crippen LogP contribution in [0.4, 0.5) is 15.8 Å². The predicted octanol–water partition coefficient (Wildman–Crippen LogP) is 4.38. The monoisotopic (exact) mass is 655 g/mol. The minimum Gasteiger partial charge on any atom is -0.497 e. The summed E-state index contributed by atoms with van der Waals surface area (Å²) in [4.78, 5) is 42.2. The third kappa shape index (κ3) is 8.53. The van der Waals surface area contributed by atoms with Crippen molar-refractivity contribution in [3.63, 3.8) is 0 Å². The summed E-state index contributed by atoms with van der Waals surface area (Å²) in [5, 5.41) is 5.64. The topological polar surface area (TPSA) is 132 Å². The van der Waals surface area contributed by atoms with E-state index in [4.69, 9.17) is 18.9 Å². The normalized spacial score (nSPS) is 14.1. The van der Waals surface area contributed by atoms with Crippen molar-refractivity contribution < 1.29 is 41.9 Å². The molecule has 2 N–H and O–H groups in total. The Hall–Kier alpha value is -4.65. The second kappa shape index (κ2) is 16.1. The highest BCUT2D eigenvalue weighted by Crippen LogP contribution is 2.42. The Balaban J connectivity index is 1.72. The summed E-state index contributed by atoms with van der Waals surface area (Å²) in [6.45, 7) is 0. The fraction of sp³-hybridized carbons (Fsp3) is 0.364. The zero-order valence-corrected chi connectivity index (χ0v) is 27.0. The standard InChI is InChI=1S/C33H38FN3O8S/c1-42-26-15-13-25(14-16-26)37(30(39)20-46(41)19-29(38)35-24-11-9-22(34)10-12-24)31(33(40)36-23-7-5-6-8-23)21-17-27(43-2)32(45-4)28(18-21)44-3/h9-18,23,31H,5-8,19-20H2,1-4H3,(H,35,38)(H,36,40)/t31-,46-/m1/s1. The molecule has 0 bridgehead atoms. The molecule has 0 spiro atoms. The molecule has 4 rings (SSSR count). The van der Waals surface area contributed by atoms with E-state index in [1.54, 1.807) is 36.4 Å². The van der Waals surface area contributed by atoms with Gasteiger partial charge in [-0.1, -0.05) is 12.8 Å². The van der Waals surface area contributed by atoms with Crippen LogP contribution in [0.1, 0.15) is 37.3 Å². The van der Waals surface area contributed by atoms with E-state index in [2.05, 4.69) is 10.6 Å². The van der Waals surface area contributed by atoms with Gasteiger partial charge in [-0.05, 0) is 79.1 Å². The average Bonchev–Trinajstić information content (AvgIpc) is 3.56. The Morgan fingerprint density at radius 1 is 0.870 bits per heavy atom. The van der Waals surface area contributed by atoms with Gasteiger partial charge in [0, 0.05) is 28.2 Å². The number of nitrogens with one attached hydrogen (secondary N) is 2. The van der Waals surface area contributed by atoms with Gasteiger partial charge in [-0.2, -0.15) is 0 Å². The Kier molecular flexibility index (Phi) is 12.0. The molecule has 3 aromatic rings. The molecule has 46 heavy (non-hydrogen) atoms. The van der Waals surface area contributed by atoms with Gasteiger partial charge in [0.15, 0.2) is 11.5 Å². The minimum absolute atomic E-state index is 0.0749. The summed E-state index contributed by atoms with van der Waals surface area (Å²) >= 11 is 0. The molecule has 3 amide bonds. The largest absolute Gasteiger partial charge is 0.497 e. The van der Waals surface area contributed by atoms with Gasteiger partial charge in [0.05, 0.1) is 28.4 Å². The second-order valence-corrected chi connectivity index (χ2v) is 12.1. The Bertz CT molecular complexity index is 1520. The third-order valence-corrected chi connectivity index (χ3v) is 8.69. The van der Waals surface area contributed by atoms with Crippen LogP contribution in [0.3, 0.4) is 0 Å². The maximum atomic E-state index is 14.2. The molecule has 0 aromatic heterocycles. The van der Waals surface area contributed by atoms with Crippen molar-refractivity contribution in [3.8, 4) is 23.0 Å². The number of rotatable bonds is 14. The van der Waals surface area contributed by atoms with E-state index >= 15 is 0 Å². The van der Waals surface area contributed by atoms with Crippen molar-refractivity contribution in [2.24, 2.45) is 0 Å². The van der Waals surface area contributed by atoms with Crippen LogP contribution in [0.15, 0.2) is 60.7 Å². The summed E-state index contributed by atoms with van der Waals surface area (Å²) in [5.74, 6) is -1.89. The highest BCUT2D eigenvalue weighted by molar-refractivity contribution is 7.86. The molecule has 1 aliphatic rings. The zero-order chi connectivity index (χ0) is 33.2. The predicted molar refractivity (Wildman–Crippen MR) is 173 cm³/mol. The number of nitrogens with zero attached hydrogens (tertiary/aromatic N) is 1. The van der Waals surface area contributed by atoms with Gasteiger partial charge in [0.2, 0.25) is 23.5 Å². The first-order chi connectivity index (χ1) is 22.2. The van der Waals surface area contributed by atoms with Crippen molar-refractivity contribution in [2.75, 3.05) is 50.2 Å². The van der Waals surface area contributed by atoms with Gasteiger partial charge >= 0.3 is 0 Å². The number of amides is 3. The summed E-state index contributed by atoms with van der Waals surface area (Å²) in [5.41, 5.74) is 1.01. The highest BCUT2D eigenvalue weighted by Gasteiger charge is 2.36. The van der Waals surface area contributed by atoms with Gasteiger partial charge in [-0.25, -0.2) is 4.39 Å². The molecule has 0 aliphatic heterocycles. The maximum Gasteiger partial charge on any atom is 0.248 e. The SMILES string of the molecule is COc1ccc(N(C(=O)C[S@](=O)CC(=O)Nc2ccc(F)cc2)[C@@H](C(=O)NC2CCCC2)c2cc(OC)c(OC)c(OC)c2)cc1. The van der Waals surface area contributed by atoms with E-state index in [9.17, 15) is 23.0 Å². The third-order valence-electron chi connectivity index (χ3n) is 7.53. The number of hydrogen-bond donors (Lipinski definition) is 2. The molecular formula is C33H38FN3O8S. The van der Waals surface area contributed by atoms with Gasteiger partial charge < -0.3 is 29.6 Å². The fourth-order valence-corrected chi connectivity index (χ4v) is 6.22. The lowest BCUT2D eigenvalue weighted by atomic mass is 10.0. The number of methoxy groups -OCH3 is 4. The average molecular weight is 656 g/mol. The van der Waals surface area contributed by atoms with Gasteiger partial charge in [-0.15, -0.1) is 0 Å². The molecule has 13 heteroatoms. The van der Waals surface area contributed by atoms with Crippen LogP contribution in [0, 0.1) is 5.82 Å². The van der Waals surface area contributed by atoms with Crippen LogP contribution in [0.5, 0.6) is 23.0 Å². The van der Waals surface area contributed by atoms with Crippen LogP contribution in [0.25, 0.3) is 0 Å². The van der Waals surface area contributed by atoms with Gasteiger partial charge in [-0.3, -0.25) is 23.5 Å². The van der Waals surface area contributed by atoms with Crippen molar-refractivity contribution in [3.05, 3.63) is 72.0 Å². The van der Waals surface area contributed by atoms with E-state index in [1.165, 1.54) is 57.6 Å². The molecule has 11 nitrogen and oxygen atoms in total. The number of carbonyl (C=O) groups is 3. The molecule has 246 valence electrons. The number of carbonyl (C=O) groups excluding carboxylic acids is 3. The molecule has 3 aromatic carbocycles. The van der Waals surface area contributed by atoms with Crippen LogP contribution in [-0.4, -0.2) is 67.9 Å². The molecule has 2 atom stereocenters.